The SMILES string of the molecule is CC(=O)Nc1ccc(CNc2cc(CN(C)C)ccc2C)cc1. The van der Waals surface area contributed by atoms with Gasteiger partial charge in [0.15, 0.2) is 0 Å². The normalized spacial score (nSPS) is 10.7. The van der Waals surface area contributed by atoms with Crippen molar-refractivity contribution in [1.29, 1.82) is 0 Å². The van der Waals surface area contributed by atoms with Crippen LogP contribution in [0.25, 0.3) is 0 Å². The molecule has 0 saturated heterocycles. The molecule has 2 N–H and O–H groups in total. The largest absolute Gasteiger partial charge is 0.381 e. The molecule has 0 bridgehead atoms. The Morgan fingerprint density at radius 2 is 1.70 bits per heavy atom. The van der Waals surface area contributed by atoms with Crippen molar-refractivity contribution < 1.29 is 4.79 Å². The highest BCUT2D eigenvalue weighted by atomic mass is 16.1. The van der Waals surface area contributed by atoms with Crippen LogP contribution >= 0.6 is 0 Å². The van der Waals surface area contributed by atoms with E-state index >= 15 is 0 Å². The maximum absolute atomic E-state index is 11.0. The van der Waals surface area contributed by atoms with E-state index in [0.717, 1.165) is 24.5 Å². The van der Waals surface area contributed by atoms with Crippen molar-refractivity contribution in [3.63, 3.8) is 0 Å². The van der Waals surface area contributed by atoms with Gasteiger partial charge in [0.1, 0.15) is 0 Å². The van der Waals surface area contributed by atoms with Gasteiger partial charge in [0.25, 0.3) is 0 Å². The van der Waals surface area contributed by atoms with E-state index in [9.17, 15) is 4.79 Å². The quantitative estimate of drug-likeness (QED) is 0.856. The summed E-state index contributed by atoms with van der Waals surface area (Å²) in [5, 5.41) is 6.27. The summed E-state index contributed by atoms with van der Waals surface area (Å²) >= 11 is 0. The van der Waals surface area contributed by atoms with Crippen molar-refractivity contribution in [3.8, 4) is 0 Å². The summed E-state index contributed by atoms with van der Waals surface area (Å²) in [6.45, 7) is 5.31. The van der Waals surface area contributed by atoms with Crippen LogP contribution in [0.2, 0.25) is 0 Å². The minimum absolute atomic E-state index is 0.0517. The maximum atomic E-state index is 11.0. The molecule has 0 radical (unpaired) electrons. The highest BCUT2D eigenvalue weighted by Crippen LogP contribution is 2.19. The fourth-order valence-electron chi connectivity index (χ4n) is 2.43. The minimum Gasteiger partial charge on any atom is -0.381 e. The van der Waals surface area contributed by atoms with Gasteiger partial charge in [-0.2, -0.15) is 0 Å². The first-order valence-corrected chi connectivity index (χ1v) is 7.78. The molecule has 0 atom stereocenters. The Kier molecular flexibility index (Phi) is 5.77. The number of carbonyl (C=O) groups is 1. The zero-order valence-electron chi connectivity index (χ0n) is 14.3. The van der Waals surface area contributed by atoms with Gasteiger partial charge in [0.2, 0.25) is 5.91 Å². The van der Waals surface area contributed by atoms with E-state index in [2.05, 4.69) is 54.8 Å². The molecule has 1 amide bonds. The Balaban J connectivity index is 2.01. The van der Waals surface area contributed by atoms with Gasteiger partial charge in [-0.05, 0) is 55.9 Å². The van der Waals surface area contributed by atoms with Crippen LogP contribution in [0.1, 0.15) is 23.6 Å². The number of hydrogen-bond acceptors (Lipinski definition) is 3. The van der Waals surface area contributed by atoms with Gasteiger partial charge < -0.3 is 15.5 Å². The van der Waals surface area contributed by atoms with Crippen LogP contribution < -0.4 is 10.6 Å². The number of rotatable bonds is 6. The van der Waals surface area contributed by atoms with E-state index < -0.39 is 0 Å². The van der Waals surface area contributed by atoms with Crippen LogP contribution in [0.4, 0.5) is 11.4 Å². The Morgan fingerprint density at radius 1 is 1.04 bits per heavy atom. The molecule has 0 aromatic heterocycles. The Bertz CT molecular complexity index is 663. The summed E-state index contributed by atoms with van der Waals surface area (Å²) in [6.07, 6.45) is 0. The Morgan fingerprint density at radius 3 is 2.30 bits per heavy atom. The Hall–Kier alpha value is -2.33. The van der Waals surface area contributed by atoms with Gasteiger partial charge in [-0.15, -0.1) is 0 Å². The second-order valence-corrected chi connectivity index (χ2v) is 6.12. The van der Waals surface area contributed by atoms with Gasteiger partial charge in [0, 0.05) is 31.4 Å². The molecule has 0 aliphatic heterocycles. The minimum atomic E-state index is -0.0517. The van der Waals surface area contributed by atoms with E-state index in [1.54, 1.807) is 0 Å². The van der Waals surface area contributed by atoms with Crippen molar-refractivity contribution in [2.75, 3.05) is 24.7 Å². The summed E-state index contributed by atoms with van der Waals surface area (Å²) in [6, 6.07) is 14.4. The van der Waals surface area contributed by atoms with Crippen molar-refractivity contribution in [2.24, 2.45) is 0 Å². The molecule has 23 heavy (non-hydrogen) atoms. The molecule has 0 fully saturated rings. The fourth-order valence-corrected chi connectivity index (χ4v) is 2.43. The summed E-state index contributed by atoms with van der Waals surface area (Å²) in [5.74, 6) is -0.0517. The van der Waals surface area contributed by atoms with E-state index in [4.69, 9.17) is 0 Å². The summed E-state index contributed by atoms with van der Waals surface area (Å²) < 4.78 is 0. The van der Waals surface area contributed by atoms with Gasteiger partial charge in [-0.1, -0.05) is 24.3 Å². The molecule has 122 valence electrons. The van der Waals surface area contributed by atoms with Crippen molar-refractivity contribution in [2.45, 2.75) is 26.9 Å². The van der Waals surface area contributed by atoms with Crippen molar-refractivity contribution >= 4 is 17.3 Å². The average molecular weight is 311 g/mol. The average Bonchev–Trinajstić information content (AvgIpc) is 2.48. The molecule has 4 heteroatoms. The van der Waals surface area contributed by atoms with Crippen LogP contribution in [0, 0.1) is 6.92 Å². The summed E-state index contributed by atoms with van der Waals surface area (Å²) in [7, 11) is 4.15. The molecule has 2 rings (SSSR count). The zero-order chi connectivity index (χ0) is 16.8. The lowest BCUT2D eigenvalue weighted by Crippen LogP contribution is -2.11. The zero-order valence-corrected chi connectivity index (χ0v) is 14.3. The van der Waals surface area contributed by atoms with Crippen molar-refractivity contribution in [1.82, 2.24) is 4.90 Å². The number of carbonyl (C=O) groups excluding carboxylic acids is 1. The molecule has 0 aliphatic carbocycles. The lowest BCUT2D eigenvalue weighted by atomic mass is 10.1. The van der Waals surface area contributed by atoms with Gasteiger partial charge >= 0.3 is 0 Å². The molecule has 0 unspecified atom stereocenters. The maximum Gasteiger partial charge on any atom is 0.221 e. The molecule has 0 saturated carbocycles. The lowest BCUT2D eigenvalue weighted by Gasteiger charge is -2.14. The van der Waals surface area contributed by atoms with E-state index in [-0.39, 0.29) is 5.91 Å². The number of benzene rings is 2. The van der Waals surface area contributed by atoms with Crippen molar-refractivity contribution in [3.05, 3.63) is 59.2 Å². The first-order chi connectivity index (χ1) is 10.9. The second-order valence-electron chi connectivity index (χ2n) is 6.12. The highest BCUT2D eigenvalue weighted by Gasteiger charge is 2.02. The smallest absolute Gasteiger partial charge is 0.221 e. The molecule has 0 spiro atoms. The number of hydrogen-bond donors (Lipinski definition) is 2. The number of anilines is 2. The lowest BCUT2D eigenvalue weighted by molar-refractivity contribution is -0.114. The fraction of sp³-hybridized carbons (Fsp3) is 0.316. The number of nitrogens with one attached hydrogen (secondary N) is 2. The number of nitrogens with zero attached hydrogens (tertiary/aromatic N) is 1. The second kappa shape index (κ2) is 7.79. The molecule has 0 heterocycles. The molecular weight excluding hydrogens is 286 g/mol. The first kappa shape index (κ1) is 17.0. The predicted molar refractivity (Wildman–Crippen MR) is 96.6 cm³/mol. The molecule has 0 aliphatic rings. The van der Waals surface area contributed by atoms with E-state index in [1.165, 1.54) is 23.6 Å². The first-order valence-electron chi connectivity index (χ1n) is 7.78. The number of amides is 1. The van der Waals surface area contributed by atoms with Crippen LogP contribution in [0.5, 0.6) is 0 Å². The van der Waals surface area contributed by atoms with E-state index in [0.29, 0.717) is 0 Å². The monoisotopic (exact) mass is 311 g/mol. The summed E-state index contributed by atoms with van der Waals surface area (Å²) in [5.41, 5.74) is 5.70. The van der Waals surface area contributed by atoms with E-state index in [1.807, 2.05) is 24.3 Å². The third kappa shape index (κ3) is 5.42. The van der Waals surface area contributed by atoms with Crippen LogP contribution in [0.3, 0.4) is 0 Å². The standard InChI is InChI=1S/C19H25N3O/c1-14-5-6-17(13-22(3)4)11-19(14)20-12-16-7-9-18(10-8-16)21-15(2)23/h5-11,20H,12-13H2,1-4H3,(H,21,23). The third-order valence-corrected chi connectivity index (χ3v) is 3.56. The van der Waals surface area contributed by atoms with Crippen LogP contribution in [-0.4, -0.2) is 24.9 Å². The molecule has 4 nitrogen and oxygen atoms in total. The predicted octanol–water partition coefficient (Wildman–Crippen LogP) is 3.63. The molecular formula is C19H25N3O. The topological polar surface area (TPSA) is 44.4 Å². The van der Waals surface area contributed by atoms with Crippen LogP contribution in [-0.2, 0) is 17.9 Å². The highest BCUT2D eigenvalue weighted by molar-refractivity contribution is 5.88. The Labute approximate surface area is 138 Å². The molecule has 2 aromatic carbocycles. The van der Waals surface area contributed by atoms with Gasteiger partial charge in [-0.3, -0.25) is 4.79 Å². The van der Waals surface area contributed by atoms with Crippen LogP contribution in [0.15, 0.2) is 42.5 Å². The molecule has 2 aromatic rings. The third-order valence-electron chi connectivity index (χ3n) is 3.56. The summed E-state index contributed by atoms with van der Waals surface area (Å²) in [4.78, 5) is 13.2. The van der Waals surface area contributed by atoms with Gasteiger partial charge in [0.05, 0.1) is 0 Å². The van der Waals surface area contributed by atoms with Gasteiger partial charge in [-0.25, -0.2) is 0 Å². The number of aryl methyl sites for hydroxylation is 1.